The summed E-state index contributed by atoms with van der Waals surface area (Å²) >= 11 is 1.42. The molecule has 6 nitrogen and oxygen atoms in total. The van der Waals surface area contributed by atoms with Gasteiger partial charge >= 0.3 is 5.97 Å². The number of hydrogen-bond donors (Lipinski definition) is 0. The second kappa shape index (κ2) is 10.2. The highest BCUT2D eigenvalue weighted by atomic mass is 32.1. The van der Waals surface area contributed by atoms with Crippen LogP contribution in [0.15, 0.2) is 53.9 Å². The number of allylic oxidation sites excluding steroid dienone is 1. The molecule has 0 saturated heterocycles. The monoisotopic (exact) mass is 420 g/mol. The number of carbonyl (C=O) groups excluding carboxylic acids is 1. The van der Waals surface area contributed by atoms with Gasteiger partial charge in [0.25, 0.3) is 0 Å². The van der Waals surface area contributed by atoms with Gasteiger partial charge in [-0.25, -0.2) is 9.78 Å². The zero-order valence-corrected chi connectivity index (χ0v) is 17.4. The van der Waals surface area contributed by atoms with Crippen molar-refractivity contribution >= 4 is 29.0 Å². The third kappa shape index (κ3) is 5.25. The van der Waals surface area contributed by atoms with Crippen molar-refractivity contribution in [3.05, 3.63) is 64.5 Å². The van der Waals surface area contributed by atoms with E-state index in [1.165, 1.54) is 18.4 Å². The number of nitrogens with zero attached hydrogens (tertiary/aromatic N) is 2. The number of aromatic nitrogens is 1. The molecule has 0 radical (unpaired) electrons. The van der Waals surface area contributed by atoms with Crippen molar-refractivity contribution in [2.24, 2.45) is 0 Å². The number of benzene rings is 2. The molecule has 152 valence electrons. The van der Waals surface area contributed by atoms with Gasteiger partial charge in [0.05, 0.1) is 25.0 Å². The van der Waals surface area contributed by atoms with Crippen molar-refractivity contribution in [2.45, 2.75) is 6.92 Å². The fourth-order valence-corrected chi connectivity index (χ4v) is 3.47. The summed E-state index contributed by atoms with van der Waals surface area (Å²) in [6, 6.07) is 17.2. The van der Waals surface area contributed by atoms with E-state index in [9.17, 15) is 10.1 Å². The van der Waals surface area contributed by atoms with Crippen LogP contribution in [0, 0.1) is 11.3 Å². The maximum absolute atomic E-state index is 11.5. The molecule has 0 bridgehead atoms. The van der Waals surface area contributed by atoms with Crippen LogP contribution in [0.1, 0.15) is 17.5 Å². The first kappa shape index (κ1) is 21.1. The Bertz CT molecular complexity index is 1080. The Balaban J connectivity index is 1.81. The molecule has 0 atom stereocenters. The van der Waals surface area contributed by atoms with Gasteiger partial charge in [0.15, 0.2) is 18.1 Å². The number of carbonyl (C=O) groups is 1. The topological polar surface area (TPSA) is 81.4 Å². The Labute approximate surface area is 179 Å². The van der Waals surface area contributed by atoms with E-state index in [4.69, 9.17) is 14.2 Å². The van der Waals surface area contributed by atoms with Gasteiger partial charge in [-0.3, -0.25) is 0 Å². The molecule has 3 aromatic rings. The normalized spacial score (nSPS) is 10.9. The largest absolute Gasteiger partial charge is 0.493 e. The minimum atomic E-state index is -0.451. The molecule has 2 aromatic carbocycles. The molecule has 0 aliphatic carbocycles. The lowest BCUT2D eigenvalue weighted by molar-refractivity contribution is -0.145. The van der Waals surface area contributed by atoms with Gasteiger partial charge in [-0.1, -0.05) is 36.4 Å². The first-order chi connectivity index (χ1) is 14.6. The van der Waals surface area contributed by atoms with Gasteiger partial charge in [-0.05, 0) is 30.7 Å². The summed E-state index contributed by atoms with van der Waals surface area (Å²) in [6.45, 7) is 1.82. The second-order valence-corrected chi connectivity index (χ2v) is 6.94. The molecule has 0 saturated carbocycles. The van der Waals surface area contributed by atoms with Crippen LogP contribution in [0.25, 0.3) is 22.9 Å². The fraction of sp³-hybridized carbons (Fsp3) is 0.174. The number of methoxy groups -OCH3 is 1. The van der Waals surface area contributed by atoms with E-state index in [0.29, 0.717) is 28.7 Å². The van der Waals surface area contributed by atoms with Gasteiger partial charge in [0.1, 0.15) is 11.1 Å². The van der Waals surface area contributed by atoms with Crippen molar-refractivity contribution in [1.82, 2.24) is 4.98 Å². The Morgan fingerprint density at radius 3 is 2.70 bits per heavy atom. The van der Waals surface area contributed by atoms with Crippen LogP contribution < -0.4 is 9.47 Å². The van der Waals surface area contributed by atoms with Crippen LogP contribution in [-0.4, -0.2) is 31.3 Å². The summed E-state index contributed by atoms with van der Waals surface area (Å²) in [5, 5.41) is 12.2. The summed E-state index contributed by atoms with van der Waals surface area (Å²) in [4.78, 5) is 16.1. The molecule has 3 rings (SSSR count). The molecule has 0 unspecified atom stereocenters. The van der Waals surface area contributed by atoms with Crippen LogP contribution in [0.4, 0.5) is 0 Å². The summed E-state index contributed by atoms with van der Waals surface area (Å²) in [5.74, 6) is 0.421. The van der Waals surface area contributed by atoms with Crippen LogP contribution in [0.2, 0.25) is 0 Å². The van der Waals surface area contributed by atoms with Crippen LogP contribution in [0.3, 0.4) is 0 Å². The number of thiazole rings is 1. The average Bonchev–Trinajstić information content (AvgIpc) is 3.27. The molecule has 7 heteroatoms. The number of esters is 1. The summed E-state index contributed by atoms with van der Waals surface area (Å²) in [6.07, 6.45) is 1.74. The number of ether oxygens (including phenoxy) is 3. The van der Waals surface area contributed by atoms with Gasteiger partial charge in [0.2, 0.25) is 0 Å². The minimum Gasteiger partial charge on any atom is -0.493 e. The van der Waals surface area contributed by atoms with E-state index in [1.54, 1.807) is 31.2 Å². The second-order valence-electron chi connectivity index (χ2n) is 6.08. The summed E-state index contributed by atoms with van der Waals surface area (Å²) in [7, 11) is 1.51. The number of hydrogen-bond acceptors (Lipinski definition) is 7. The molecule has 1 heterocycles. The Kier molecular flexibility index (Phi) is 7.19. The molecule has 0 amide bonds. The molecule has 0 spiro atoms. The Morgan fingerprint density at radius 1 is 1.20 bits per heavy atom. The quantitative estimate of drug-likeness (QED) is 0.384. The van der Waals surface area contributed by atoms with E-state index in [-0.39, 0.29) is 6.61 Å². The highest BCUT2D eigenvalue weighted by molar-refractivity contribution is 7.11. The first-order valence-corrected chi connectivity index (χ1v) is 10.1. The fourth-order valence-electron chi connectivity index (χ4n) is 2.68. The van der Waals surface area contributed by atoms with Crippen molar-refractivity contribution in [3.8, 4) is 28.8 Å². The van der Waals surface area contributed by atoms with Crippen molar-refractivity contribution in [2.75, 3.05) is 20.3 Å². The smallest absolute Gasteiger partial charge is 0.344 e. The highest BCUT2D eigenvalue weighted by Gasteiger charge is 2.12. The van der Waals surface area contributed by atoms with E-state index in [2.05, 4.69) is 11.1 Å². The molecular weight excluding hydrogens is 400 g/mol. The van der Waals surface area contributed by atoms with Crippen molar-refractivity contribution < 1.29 is 19.0 Å². The molecule has 0 aliphatic heterocycles. The summed E-state index contributed by atoms with van der Waals surface area (Å²) < 4.78 is 15.7. The van der Waals surface area contributed by atoms with E-state index < -0.39 is 5.97 Å². The van der Waals surface area contributed by atoms with Crippen LogP contribution >= 0.6 is 11.3 Å². The Hall–Kier alpha value is -3.63. The zero-order chi connectivity index (χ0) is 21.3. The van der Waals surface area contributed by atoms with E-state index in [0.717, 1.165) is 16.8 Å². The SMILES string of the molecule is CCOC(=O)COc1ccc(/C=C(\C#N)c2nc(-c3ccccc3)cs2)cc1OC. The van der Waals surface area contributed by atoms with Crippen LogP contribution in [0.5, 0.6) is 11.5 Å². The lowest BCUT2D eigenvalue weighted by Crippen LogP contribution is -2.14. The predicted octanol–water partition coefficient (Wildman–Crippen LogP) is 4.82. The molecule has 0 fully saturated rings. The first-order valence-electron chi connectivity index (χ1n) is 9.24. The Morgan fingerprint density at radius 2 is 2.00 bits per heavy atom. The third-order valence-electron chi connectivity index (χ3n) is 4.07. The van der Waals surface area contributed by atoms with Crippen molar-refractivity contribution in [1.29, 1.82) is 5.26 Å². The molecule has 30 heavy (non-hydrogen) atoms. The highest BCUT2D eigenvalue weighted by Crippen LogP contribution is 2.31. The molecule has 1 aromatic heterocycles. The molecular formula is C23H20N2O4S. The number of rotatable bonds is 8. The minimum absolute atomic E-state index is 0.204. The van der Waals surface area contributed by atoms with Crippen molar-refractivity contribution in [3.63, 3.8) is 0 Å². The maximum atomic E-state index is 11.5. The third-order valence-corrected chi connectivity index (χ3v) is 4.95. The van der Waals surface area contributed by atoms with E-state index >= 15 is 0 Å². The van der Waals surface area contributed by atoms with E-state index in [1.807, 2.05) is 35.7 Å². The summed E-state index contributed by atoms with van der Waals surface area (Å²) in [5.41, 5.74) is 3.03. The molecule has 0 aliphatic rings. The van der Waals surface area contributed by atoms with Gasteiger partial charge in [-0.2, -0.15) is 5.26 Å². The van der Waals surface area contributed by atoms with Crippen LogP contribution in [-0.2, 0) is 9.53 Å². The van der Waals surface area contributed by atoms with Gasteiger partial charge in [-0.15, -0.1) is 11.3 Å². The zero-order valence-electron chi connectivity index (χ0n) is 16.6. The number of nitriles is 1. The maximum Gasteiger partial charge on any atom is 0.344 e. The lowest BCUT2D eigenvalue weighted by Gasteiger charge is -2.11. The van der Waals surface area contributed by atoms with Gasteiger partial charge < -0.3 is 14.2 Å². The average molecular weight is 420 g/mol. The standard InChI is InChI=1S/C23H20N2O4S/c1-3-28-22(26)14-29-20-10-9-16(12-21(20)27-2)11-18(13-24)23-25-19(15-30-23)17-7-5-4-6-8-17/h4-12,15H,3,14H2,1-2H3/b18-11+. The van der Waals surface area contributed by atoms with Gasteiger partial charge in [0, 0.05) is 10.9 Å². The lowest BCUT2D eigenvalue weighted by atomic mass is 10.1. The predicted molar refractivity (Wildman–Crippen MR) is 116 cm³/mol. The molecule has 0 N–H and O–H groups in total.